The second kappa shape index (κ2) is 7.52. The fraction of sp³-hybridized carbons (Fsp3) is 0.222. The second-order valence-electron chi connectivity index (χ2n) is 5.07. The van der Waals surface area contributed by atoms with E-state index in [-0.39, 0.29) is 11.8 Å². The van der Waals surface area contributed by atoms with Gasteiger partial charge in [0.2, 0.25) is 0 Å². The Hall–Kier alpha value is -2.46. The minimum Gasteiger partial charge on any atom is -0.318 e. The Morgan fingerprint density at radius 1 is 0.864 bits per heavy atom. The summed E-state index contributed by atoms with van der Waals surface area (Å²) in [5.41, 5.74) is 2.35. The molecule has 1 N–H and O–H groups in total. The summed E-state index contributed by atoms with van der Waals surface area (Å²) in [6.45, 7) is 3.12. The second-order valence-corrected chi connectivity index (χ2v) is 5.07. The van der Waals surface area contributed by atoms with Gasteiger partial charge < -0.3 is 5.32 Å². The van der Waals surface area contributed by atoms with E-state index < -0.39 is 0 Å². The van der Waals surface area contributed by atoms with Crippen molar-refractivity contribution < 1.29 is 9.59 Å². The molecule has 2 amide bonds. The van der Waals surface area contributed by atoms with Crippen molar-refractivity contribution in [3.05, 3.63) is 71.3 Å². The van der Waals surface area contributed by atoms with Crippen LogP contribution in [-0.4, -0.2) is 36.9 Å². The van der Waals surface area contributed by atoms with Crippen LogP contribution in [0.15, 0.2) is 54.6 Å². The number of benzene rings is 2. The van der Waals surface area contributed by atoms with Gasteiger partial charge in [0.25, 0.3) is 11.8 Å². The first-order valence-electron chi connectivity index (χ1n) is 7.26. The molecule has 2 aromatic rings. The topological polar surface area (TPSA) is 49.4 Å². The van der Waals surface area contributed by atoms with Gasteiger partial charge in [0.15, 0.2) is 0 Å². The molecule has 1 aliphatic heterocycles. The lowest BCUT2D eigenvalue weighted by Gasteiger charge is -2.12. The summed E-state index contributed by atoms with van der Waals surface area (Å²) in [4.78, 5) is 24.9. The SMILES string of the molecule is CNCCN1C(=O)c2ccccc2C1=O.Cc1ccccc1. The number of hydrogen-bond acceptors (Lipinski definition) is 3. The van der Waals surface area contributed by atoms with E-state index in [0.717, 1.165) is 0 Å². The summed E-state index contributed by atoms with van der Waals surface area (Å²) in [5.74, 6) is -0.378. The quantitative estimate of drug-likeness (QED) is 0.885. The molecule has 0 aromatic heterocycles. The molecule has 0 saturated heterocycles. The summed E-state index contributed by atoms with van der Waals surface area (Å²) >= 11 is 0. The van der Waals surface area contributed by atoms with Gasteiger partial charge in [0.05, 0.1) is 11.1 Å². The van der Waals surface area contributed by atoms with Crippen LogP contribution in [0.1, 0.15) is 26.3 Å². The lowest BCUT2D eigenvalue weighted by Crippen LogP contribution is -2.35. The van der Waals surface area contributed by atoms with Gasteiger partial charge in [-0.2, -0.15) is 0 Å². The van der Waals surface area contributed by atoms with Crippen LogP contribution < -0.4 is 5.32 Å². The Morgan fingerprint density at radius 3 is 1.77 bits per heavy atom. The van der Waals surface area contributed by atoms with Crippen LogP contribution in [0.3, 0.4) is 0 Å². The standard InChI is InChI=1S/C11H12N2O2.C7H8/c1-12-6-7-13-10(14)8-4-2-3-5-9(8)11(13)15;1-7-5-3-2-4-6-7/h2-5,12H,6-7H2,1H3;2-6H,1H3. The molecule has 0 bridgehead atoms. The van der Waals surface area contributed by atoms with E-state index in [1.54, 1.807) is 31.3 Å². The minimum absolute atomic E-state index is 0.189. The van der Waals surface area contributed by atoms with Crippen LogP contribution in [0, 0.1) is 6.92 Å². The average molecular weight is 296 g/mol. The Bertz CT molecular complexity index is 618. The van der Waals surface area contributed by atoms with Crippen molar-refractivity contribution in [1.82, 2.24) is 10.2 Å². The smallest absolute Gasteiger partial charge is 0.261 e. The molecular weight excluding hydrogens is 276 g/mol. The van der Waals surface area contributed by atoms with E-state index in [1.165, 1.54) is 10.5 Å². The number of carbonyl (C=O) groups is 2. The van der Waals surface area contributed by atoms with E-state index in [1.807, 2.05) is 18.2 Å². The number of fused-ring (bicyclic) bond motifs is 1. The van der Waals surface area contributed by atoms with E-state index in [4.69, 9.17) is 0 Å². The molecule has 1 aliphatic rings. The van der Waals surface area contributed by atoms with Gasteiger partial charge in [-0.3, -0.25) is 14.5 Å². The summed E-state index contributed by atoms with van der Waals surface area (Å²) in [5, 5.41) is 2.92. The number of aryl methyl sites for hydroxylation is 1. The largest absolute Gasteiger partial charge is 0.318 e. The third-order valence-corrected chi connectivity index (χ3v) is 3.40. The van der Waals surface area contributed by atoms with Gasteiger partial charge in [0.1, 0.15) is 0 Å². The monoisotopic (exact) mass is 296 g/mol. The van der Waals surface area contributed by atoms with Crippen LogP contribution in [0.5, 0.6) is 0 Å². The Labute approximate surface area is 130 Å². The van der Waals surface area contributed by atoms with E-state index in [9.17, 15) is 9.59 Å². The zero-order chi connectivity index (χ0) is 15.9. The van der Waals surface area contributed by atoms with E-state index in [2.05, 4.69) is 24.4 Å². The summed E-state index contributed by atoms with van der Waals surface area (Å²) < 4.78 is 0. The predicted molar refractivity (Wildman–Crippen MR) is 86.9 cm³/mol. The van der Waals surface area contributed by atoms with Crippen molar-refractivity contribution in [2.24, 2.45) is 0 Å². The van der Waals surface area contributed by atoms with Gasteiger partial charge in [0, 0.05) is 13.1 Å². The van der Waals surface area contributed by atoms with Gasteiger partial charge in [-0.25, -0.2) is 0 Å². The highest BCUT2D eigenvalue weighted by Gasteiger charge is 2.34. The molecule has 0 radical (unpaired) electrons. The van der Waals surface area contributed by atoms with Gasteiger partial charge in [-0.15, -0.1) is 0 Å². The maximum Gasteiger partial charge on any atom is 0.261 e. The molecule has 1 heterocycles. The number of hydrogen-bond donors (Lipinski definition) is 1. The highest BCUT2D eigenvalue weighted by molar-refractivity contribution is 6.21. The first-order valence-corrected chi connectivity index (χ1v) is 7.26. The molecule has 0 spiro atoms. The summed E-state index contributed by atoms with van der Waals surface area (Å²) in [6.07, 6.45) is 0. The number of nitrogens with zero attached hydrogens (tertiary/aromatic N) is 1. The molecule has 3 rings (SSSR count). The number of nitrogens with one attached hydrogen (secondary N) is 1. The van der Waals surface area contributed by atoms with Crippen molar-refractivity contribution in [2.45, 2.75) is 6.92 Å². The van der Waals surface area contributed by atoms with Gasteiger partial charge in [-0.05, 0) is 26.1 Å². The van der Waals surface area contributed by atoms with Crippen molar-refractivity contribution in [2.75, 3.05) is 20.1 Å². The lowest BCUT2D eigenvalue weighted by atomic mass is 10.1. The van der Waals surface area contributed by atoms with Crippen LogP contribution in [0.25, 0.3) is 0 Å². The predicted octanol–water partition coefficient (Wildman–Crippen LogP) is 2.50. The van der Waals surface area contributed by atoms with Crippen LogP contribution in [-0.2, 0) is 0 Å². The highest BCUT2D eigenvalue weighted by atomic mass is 16.2. The van der Waals surface area contributed by atoms with E-state index in [0.29, 0.717) is 24.2 Å². The van der Waals surface area contributed by atoms with Gasteiger partial charge >= 0.3 is 0 Å². The lowest BCUT2D eigenvalue weighted by molar-refractivity contribution is 0.0656. The van der Waals surface area contributed by atoms with Crippen molar-refractivity contribution in [3.8, 4) is 0 Å². The first kappa shape index (κ1) is 15.9. The van der Waals surface area contributed by atoms with Crippen LogP contribution in [0.2, 0.25) is 0 Å². The maximum atomic E-state index is 11.8. The zero-order valence-corrected chi connectivity index (χ0v) is 12.9. The Kier molecular flexibility index (Phi) is 5.44. The third-order valence-electron chi connectivity index (χ3n) is 3.40. The molecule has 4 nitrogen and oxygen atoms in total. The molecule has 0 unspecified atom stereocenters. The maximum absolute atomic E-state index is 11.8. The van der Waals surface area contributed by atoms with Crippen molar-refractivity contribution >= 4 is 11.8 Å². The Morgan fingerprint density at radius 2 is 1.36 bits per heavy atom. The molecule has 0 aliphatic carbocycles. The van der Waals surface area contributed by atoms with E-state index >= 15 is 0 Å². The molecule has 22 heavy (non-hydrogen) atoms. The number of rotatable bonds is 3. The summed E-state index contributed by atoms with van der Waals surface area (Å²) in [6, 6.07) is 17.2. The van der Waals surface area contributed by atoms with Crippen molar-refractivity contribution in [1.29, 1.82) is 0 Å². The average Bonchev–Trinajstić information content (AvgIpc) is 2.79. The number of amides is 2. The third kappa shape index (κ3) is 3.59. The molecule has 0 atom stereocenters. The number of likely N-dealkylation sites (N-methyl/N-ethyl adjacent to an activating group) is 1. The zero-order valence-electron chi connectivity index (χ0n) is 12.9. The number of imide groups is 1. The summed E-state index contributed by atoms with van der Waals surface area (Å²) in [7, 11) is 1.79. The first-order chi connectivity index (χ1) is 10.6. The van der Waals surface area contributed by atoms with Crippen molar-refractivity contribution in [3.63, 3.8) is 0 Å². The molecule has 0 saturated carbocycles. The Balaban J connectivity index is 0.000000211. The molecule has 114 valence electrons. The van der Waals surface area contributed by atoms with Crippen LogP contribution >= 0.6 is 0 Å². The fourth-order valence-corrected chi connectivity index (χ4v) is 2.20. The van der Waals surface area contributed by atoms with Crippen LogP contribution in [0.4, 0.5) is 0 Å². The minimum atomic E-state index is -0.189. The van der Waals surface area contributed by atoms with Gasteiger partial charge in [-0.1, -0.05) is 48.0 Å². The molecular formula is C18H20N2O2. The molecule has 4 heteroatoms. The fourth-order valence-electron chi connectivity index (χ4n) is 2.20. The highest BCUT2D eigenvalue weighted by Crippen LogP contribution is 2.21. The molecule has 0 fully saturated rings. The normalized spacial score (nSPS) is 12.7. The number of carbonyl (C=O) groups excluding carboxylic acids is 2. The molecule has 2 aromatic carbocycles.